The van der Waals surface area contributed by atoms with Crippen LogP contribution in [0.25, 0.3) is 0 Å². The molecule has 0 bridgehead atoms. The first kappa shape index (κ1) is 8.24. The standard InChI is InChI=1S/C10H16O2/c1-7(2)9(11)10-6-4-3-5-8(10)12-10/h7-8H,3-6H2,1-2H3. The molecule has 0 spiro atoms. The first-order valence-corrected chi connectivity index (χ1v) is 4.89. The van der Waals surface area contributed by atoms with Crippen molar-refractivity contribution in [3.05, 3.63) is 0 Å². The first-order valence-electron chi connectivity index (χ1n) is 4.89. The van der Waals surface area contributed by atoms with Gasteiger partial charge in [0, 0.05) is 5.92 Å². The Labute approximate surface area is 73.3 Å². The van der Waals surface area contributed by atoms with Gasteiger partial charge in [-0.15, -0.1) is 0 Å². The zero-order chi connectivity index (χ0) is 8.77. The molecule has 2 atom stereocenters. The smallest absolute Gasteiger partial charge is 0.169 e. The molecule has 0 radical (unpaired) electrons. The number of carbonyl (C=O) groups excluding carboxylic acids is 1. The number of ketones is 1. The van der Waals surface area contributed by atoms with E-state index in [2.05, 4.69) is 0 Å². The van der Waals surface area contributed by atoms with Crippen LogP contribution in [0.4, 0.5) is 0 Å². The zero-order valence-corrected chi connectivity index (χ0v) is 7.80. The van der Waals surface area contributed by atoms with Crippen molar-refractivity contribution in [3.8, 4) is 0 Å². The molecule has 2 aliphatic rings. The molecule has 2 rings (SSSR count). The molecule has 0 aromatic heterocycles. The molecule has 0 N–H and O–H groups in total. The first-order chi connectivity index (χ1) is 5.67. The fraction of sp³-hybridized carbons (Fsp3) is 0.900. The highest BCUT2D eigenvalue weighted by molar-refractivity contribution is 5.92. The minimum Gasteiger partial charge on any atom is -0.358 e. The highest BCUT2D eigenvalue weighted by Gasteiger charge is 2.62. The maximum atomic E-state index is 11.7. The second-order valence-electron chi connectivity index (χ2n) is 4.26. The number of carbonyl (C=O) groups is 1. The maximum Gasteiger partial charge on any atom is 0.169 e. The Morgan fingerprint density at radius 2 is 2.25 bits per heavy atom. The lowest BCUT2D eigenvalue weighted by molar-refractivity contribution is -0.127. The molecule has 1 saturated heterocycles. The SMILES string of the molecule is CC(C)C(=O)C12CCCCC1O2. The Morgan fingerprint density at radius 1 is 1.50 bits per heavy atom. The highest BCUT2D eigenvalue weighted by atomic mass is 16.6. The average molecular weight is 168 g/mol. The van der Waals surface area contributed by atoms with Gasteiger partial charge in [0.25, 0.3) is 0 Å². The largest absolute Gasteiger partial charge is 0.358 e. The summed E-state index contributed by atoms with van der Waals surface area (Å²) >= 11 is 0. The molecule has 2 fully saturated rings. The summed E-state index contributed by atoms with van der Waals surface area (Å²) in [7, 11) is 0. The molecule has 0 amide bonds. The molecule has 2 unspecified atom stereocenters. The van der Waals surface area contributed by atoms with Crippen molar-refractivity contribution in [2.75, 3.05) is 0 Å². The molecular formula is C10H16O2. The van der Waals surface area contributed by atoms with E-state index < -0.39 is 0 Å². The van der Waals surface area contributed by atoms with Crippen LogP contribution in [-0.2, 0) is 9.53 Å². The van der Waals surface area contributed by atoms with E-state index in [4.69, 9.17) is 4.74 Å². The van der Waals surface area contributed by atoms with Crippen LogP contribution in [0.2, 0.25) is 0 Å². The Bertz CT molecular complexity index is 210. The molecule has 1 saturated carbocycles. The van der Waals surface area contributed by atoms with Crippen molar-refractivity contribution in [1.29, 1.82) is 0 Å². The monoisotopic (exact) mass is 168 g/mol. The number of rotatable bonds is 2. The molecule has 12 heavy (non-hydrogen) atoms. The number of Topliss-reactive ketones (excluding diaryl/α,β-unsaturated/α-hetero) is 1. The van der Waals surface area contributed by atoms with Crippen LogP contribution >= 0.6 is 0 Å². The molecule has 68 valence electrons. The topological polar surface area (TPSA) is 29.6 Å². The lowest BCUT2D eigenvalue weighted by atomic mass is 9.82. The predicted octanol–water partition coefficient (Wildman–Crippen LogP) is 1.92. The number of hydrogen-bond acceptors (Lipinski definition) is 2. The van der Waals surface area contributed by atoms with E-state index in [1.807, 2.05) is 13.8 Å². The summed E-state index contributed by atoms with van der Waals surface area (Å²) < 4.78 is 5.54. The van der Waals surface area contributed by atoms with Crippen LogP contribution in [0.5, 0.6) is 0 Å². The molecule has 1 aliphatic heterocycles. The number of epoxide rings is 1. The van der Waals surface area contributed by atoms with Gasteiger partial charge < -0.3 is 4.74 Å². The highest BCUT2D eigenvalue weighted by Crippen LogP contribution is 2.49. The normalized spacial score (nSPS) is 39.4. The van der Waals surface area contributed by atoms with Gasteiger partial charge in [0.1, 0.15) is 0 Å². The van der Waals surface area contributed by atoms with Crippen LogP contribution in [0, 0.1) is 5.92 Å². The van der Waals surface area contributed by atoms with Crippen molar-refractivity contribution < 1.29 is 9.53 Å². The lowest BCUT2D eigenvalue weighted by Crippen LogP contribution is -2.33. The summed E-state index contributed by atoms with van der Waals surface area (Å²) in [6, 6.07) is 0. The summed E-state index contributed by atoms with van der Waals surface area (Å²) in [5.41, 5.74) is -0.313. The third-order valence-corrected chi connectivity index (χ3v) is 3.02. The van der Waals surface area contributed by atoms with E-state index in [1.54, 1.807) is 0 Å². The predicted molar refractivity (Wildman–Crippen MR) is 45.9 cm³/mol. The van der Waals surface area contributed by atoms with E-state index in [1.165, 1.54) is 6.42 Å². The quantitative estimate of drug-likeness (QED) is 0.589. The molecular weight excluding hydrogens is 152 g/mol. The third kappa shape index (κ3) is 1.01. The number of fused-ring (bicyclic) bond motifs is 1. The Morgan fingerprint density at radius 3 is 2.83 bits per heavy atom. The molecule has 0 aromatic carbocycles. The molecule has 1 heterocycles. The van der Waals surface area contributed by atoms with Crippen molar-refractivity contribution in [2.24, 2.45) is 5.92 Å². The zero-order valence-electron chi connectivity index (χ0n) is 7.80. The third-order valence-electron chi connectivity index (χ3n) is 3.02. The fourth-order valence-corrected chi connectivity index (χ4v) is 2.28. The number of hydrogen-bond donors (Lipinski definition) is 0. The lowest BCUT2D eigenvalue weighted by Gasteiger charge is -2.17. The van der Waals surface area contributed by atoms with E-state index in [9.17, 15) is 4.79 Å². The van der Waals surface area contributed by atoms with Crippen molar-refractivity contribution >= 4 is 5.78 Å². The molecule has 0 aromatic rings. The summed E-state index contributed by atoms with van der Waals surface area (Å²) in [5.74, 6) is 0.459. The average Bonchev–Trinajstić information content (AvgIpc) is 2.77. The second-order valence-corrected chi connectivity index (χ2v) is 4.26. The minimum absolute atomic E-state index is 0.133. The summed E-state index contributed by atoms with van der Waals surface area (Å²) in [5, 5.41) is 0. The van der Waals surface area contributed by atoms with Crippen molar-refractivity contribution in [2.45, 2.75) is 51.2 Å². The van der Waals surface area contributed by atoms with Crippen molar-refractivity contribution in [3.63, 3.8) is 0 Å². The Kier molecular flexibility index (Phi) is 1.76. The summed E-state index contributed by atoms with van der Waals surface area (Å²) in [4.78, 5) is 11.7. The van der Waals surface area contributed by atoms with Gasteiger partial charge in [0.15, 0.2) is 11.4 Å². The van der Waals surface area contributed by atoms with Gasteiger partial charge in [0.2, 0.25) is 0 Å². The fourth-order valence-electron chi connectivity index (χ4n) is 2.28. The van der Waals surface area contributed by atoms with E-state index in [0.717, 1.165) is 19.3 Å². The minimum atomic E-state index is -0.313. The molecule has 2 nitrogen and oxygen atoms in total. The summed E-state index contributed by atoms with van der Waals surface area (Å²) in [6.07, 6.45) is 4.74. The van der Waals surface area contributed by atoms with Gasteiger partial charge in [-0.2, -0.15) is 0 Å². The van der Waals surface area contributed by atoms with E-state index in [0.29, 0.717) is 5.78 Å². The van der Waals surface area contributed by atoms with Gasteiger partial charge in [0.05, 0.1) is 6.10 Å². The Balaban J connectivity index is 2.08. The van der Waals surface area contributed by atoms with Crippen LogP contribution in [0.3, 0.4) is 0 Å². The van der Waals surface area contributed by atoms with Gasteiger partial charge in [-0.3, -0.25) is 4.79 Å². The number of ether oxygens (including phenoxy) is 1. The molecule has 2 heteroatoms. The second kappa shape index (κ2) is 2.56. The van der Waals surface area contributed by atoms with Crippen LogP contribution in [-0.4, -0.2) is 17.5 Å². The van der Waals surface area contributed by atoms with Gasteiger partial charge >= 0.3 is 0 Å². The molecule has 1 aliphatic carbocycles. The van der Waals surface area contributed by atoms with Crippen LogP contribution < -0.4 is 0 Å². The summed E-state index contributed by atoms with van der Waals surface area (Å²) in [6.45, 7) is 3.93. The van der Waals surface area contributed by atoms with Crippen molar-refractivity contribution in [1.82, 2.24) is 0 Å². The van der Waals surface area contributed by atoms with Gasteiger partial charge in [-0.25, -0.2) is 0 Å². The maximum absolute atomic E-state index is 11.7. The van der Waals surface area contributed by atoms with Crippen LogP contribution in [0.15, 0.2) is 0 Å². The Hall–Kier alpha value is -0.370. The van der Waals surface area contributed by atoms with Gasteiger partial charge in [-0.1, -0.05) is 20.3 Å². The van der Waals surface area contributed by atoms with E-state index in [-0.39, 0.29) is 17.6 Å². The van der Waals surface area contributed by atoms with Crippen LogP contribution in [0.1, 0.15) is 39.5 Å². The van der Waals surface area contributed by atoms with Gasteiger partial charge in [-0.05, 0) is 19.3 Å². The van der Waals surface area contributed by atoms with E-state index >= 15 is 0 Å².